The van der Waals surface area contributed by atoms with Crippen molar-refractivity contribution < 1.29 is 14.7 Å². The van der Waals surface area contributed by atoms with Gasteiger partial charge < -0.3 is 10.0 Å². The molecule has 1 aromatic heterocycles. The molecule has 3 aromatic carbocycles. The largest absolute Gasteiger partial charge is 0.478 e. The first-order valence-electron chi connectivity index (χ1n) is 10.2. The standard InChI is InChI=1S/C26H23N3O3/c1-28(17-19-7-9-21-5-2-3-6-23(21)15-19)26(32)24-16-20(18-29-14-4-13-27-29)8-10-22(24)11-12-25(30)31/h2-16H,17-18H2,1H3,(H,30,31)/b12-11+. The van der Waals surface area contributed by atoms with Crippen LogP contribution in [-0.4, -0.2) is 38.7 Å². The Kier molecular flexibility index (Phi) is 6.12. The van der Waals surface area contributed by atoms with Crippen LogP contribution in [0.2, 0.25) is 0 Å². The summed E-state index contributed by atoms with van der Waals surface area (Å²) in [5, 5.41) is 15.5. The third-order valence-electron chi connectivity index (χ3n) is 5.24. The van der Waals surface area contributed by atoms with Crippen molar-refractivity contribution in [3.05, 3.63) is 107 Å². The van der Waals surface area contributed by atoms with Gasteiger partial charge in [-0.05, 0) is 51.7 Å². The highest BCUT2D eigenvalue weighted by atomic mass is 16.4. The summed E-state index contributed by atoms with van der Waals surface area (Å²) < 4.78 is 1.77. The monoisotopic (exact) mass is 425 g/mol. The van der Waals surface area contributed by atoms with E-state index in [-0.39, 0.29) is 5.91 Å². The lowest BCUT2D eigenvalue weighted by atomic mass is 10.0. The molecule has 4 rings (SSSR count). The second-order valence-corrected chi connectivity index (χ2v) is 7.64. The Labute approximate surface area is 186 Å². The van der Waals surface area contributed by atoms with E-state index in [0.29, 0.717) is 24.2 Å². The van der Waals surface area contributed by atoms with Crippen molar-refractivity contribution in [3.8, 4) is 0 Å². The predicted octanol–water partition coefficient (Wildman–Crippen LogP) is 4.45. The highest BCUT2D eigenvalue weighted by Gasteiger charge is 2.17. The molecule has 160 valence electrons. The molecule has 0 atom stereocenters. The summed E-state index contributed by atoms with van der Waals surface area (Å²) in [6.45, 7) is 0.958. The molecule has 32 heavy (non-hydrogen) atoms. The number of rotatable bonds is 7. The summed E-state index contributed by atoms with van der Waals surface area (Å²) in [6, 6.07) is 21.6. The summed E-state index contributed by atoms with van der Waals surface area (Å²) >= 11 is 0. The Balaban J connectivity index is 1.61. The van der Waals surface area contributed by atoms with E-state index in [9.17, 15) is 9.59 Å². The molecule has 1 heterocycles. The van der Waals surface area contributed by atoms with Crippen molar-refractivity contribution in [3.63, 3.8) is 0 Å². The zero-order chi connectivity index (χ0) is 22.5. The zero-order valence-electron chi connectivity index (χ0n) is 17.7. The van der Waals surface area contributed by atoms with E-state index >= 15 is 0 Å². The maximum absolute atomic E-state index is 13.4. The number of benzene rings is 3. The number of carbonyl (C=O) groups excluding carboxylic acids is 1. The fourth-order valence-electron chi connectivity index (χ4n) is 3.66. The van der Waals surface area contributed by atoms with Crippen LogP contribution in [0.25, 0.3) is 16.8 Å². The molecule has 0 radical (unpaired) electrons. The van der Waals surface area contributed by atoms with Gasteiger partial charge in [0.2, 0.25) is 0 Å². The lowest BCUT2D eigenvalue weighted by molar-refractivity contribution is -0.131. The van der Waals surface area contributed by atoms with Gasteiger partial charge in [-0.2, -0.15) is 5.10 Å². The topological polar surface area (TPSA) is 75.4 Å². The molecule has 0 aliphatic rings. The minimum absolute atomic E-state index is 0.175. The first kappa shape index (κ1) is 21.1. The molecule has 0 unspecified atom stereocenters. The van der Waals surface area contributed by atoms with Gasteiger partial charge in [0.05, 0.1) is 6.54 Å². The maximum Gasteiger partial charge on any atom is 0.328 e. The molecular formula is C26H23N3O3. The van der Waals surface area contributed by atoms with Crippen LogP contribution in [0.1, 0.15) is 27.0 Å². The molecule has 0 aliphatic carbocycles. The Hall–Kier alpha value is -4.19. The second-order valence-electron chi connectivity index (χ2n) is 7.64. The molecule has 0 bridgehead atoms. The van der Waals surface area contributed by atoms with Gasteiger partial charge in [0, 0.05) is 37.6 Å². The minimum atomic E-state index is -1.06. The third-order valence-corrected chi connectivity index (χ3v) is 5.24. The first-order valence-corrected chi connectivity index (χ1v) is 10.2. The van der Waals surface area contributed by atoms with Gasteiger partial charge in [0.25, 0.3) is 5.91 Å². The summed E-state index contributed by atoms with van der Waals surface area (Å²) in [4.78, 5) is 26.0. The molecular weight excluding hydrogens is 402 g/mol. The van der Waals surface area contributed by atoms with Crippen molar-refractivity contribution >= 4 is 28.7 Å². The molecule has 4 aromatic rings. The Bertz CT molecular complexity index is 1290. The number of carboxylic acid groups (broad SMARTS) is 1. The maximum atomic E-state index is 13.4. The minimum Gasteiger partial charge on any atom is -0.478 e. The highest BCUT2D eigenvalue weighted by Crippen LogP contribution is 2.20. The number of aromatic nitrogens is 2. The van der Waals surface area contributed by atoms with Gasteiger partial charge in [-0.15, -0.1) is 0 Å². The van der Waals surface area contributed by atoms with Crippen LogP contribution in [0.15, 0.2) is 85.2 Å². The average molecular weight is 425 g/mol. The number of aliphatic carboxylic acids is 1. The second kappa shape index (κ2) is 9.31. The van der Waals surface area contributed by atoms with Crippen molar-refractivity contribution in [2.75, 3.05) is 7.05 Å². The zero-order valence-corrected chi connectivity index (χ0v) is 17.7. The summed E-state index contributed by atoms with van der Waals surface area (Å²) in [7, 11) is 1.75. The van der Waals surface area contributed by atoms with E-state index in [4.69, 9.17) is 5.11 Å². The van der Waals surface area contributed by atoms with E-state index in [1.165, 1.54) is 6.08 Å². The van der Waals surface area contributed by atoms with E-state index < -0.39 is 5.97 Å². The van der Waals surface area contributed by atoms with E-state index in [1.807, 2.05) is 48.7 Å². The van der Waals surface area contributed by atoms with Crippen molar-refractivity contribution in [1.29, 1.82) is 0 Å². The Morgan fingerprint density at radius 3 is 2.53 bits per heavy atom. The van der Waals surface area contributed by atoms with E-state index in [2.05, 4.69) is 23.3 Å². The lowest BCUT2D eigenvalue weighted by Gasteiger charge is -2.19. The van der Waals surface area contributed by atoms with Crippen LogP contribution < -0.4 is 0 Å². The smallest absolute Gasteiger partial charge is 0.328 e. The van der Waals surface area contributed by atoms with Gasteiger partial charge in [0.1, 0.15) is 0 Å². The molecule has 1 N–H and O–H groups in total. The number of carboxylic acids is 1. The van der Waals surface area contributed by atoms with Crippen molar-refractivity contribution in [2.45, 2.75) is 13.1 Å². The van der Waals surface area contributed by atoms with Crippen LogP contribution in [-0.2, 0) is 17.9 Å². The third kappa shape index (κ3) is 4.92. The molecule has 0 aliphatic heterocycles. The van der Waals surface area contributed by atoms with Crippen molar-refractivity contribution in [1.82, 2.24) is 14.7 Å². The SMILES string of the molecule is CN(Cc1ccc2ccccc2c1)C(=O)c1cc(Cn2cccn2)ccc1/C=C/C(=O)O. The van der Waals surface area contributed by atoms with Gasteiger partial charge >= 0.3 is 5.97 Å². The number of nitrogens with zero attached hydrogens (tertiary/aromatic N) is 3. The van der Waals surface area contributed by atoms with Gasteiger partial charge in [-0.1, -0.05) is 48.5 Å². The van der Waals surface area contributed by atoms with Crippen LogP contribution in [0, 0.1) is 0 Å². The van der Waals surface area contributed by atoms with Gasteiger partial charge in [-0.25, -0.2) is 4.79 Å². The fraction of sp³-hybridized carbons (Fsp3) is 0.115. The molecule has 6 nitrogen and oxygen atoms in total. The first-order chi connectivity index (χ1) is 15.5. The summed E-state index contributed by atoms with van der Waals surface area (Å²) in [5.74, 6) is -1.24. The number of carbonyl (C=O) groups is 2. The Morgan fingerprint density at radius 2 is 1.78 bits per heavy atom. The molecule has 0 spiro atoms. The van der Waals surface area contributed by atoms with E-state index in [1.54, 1.807) is 28.9 Å². The normalized spacial score (nSPS) is 11.2. The average Bonchev–Trinajstić information content (AvgIpc) is 3.30. The van der Waals surface area contributed by atoms with Crippen LogP contribution in [0.4, 0.5) is 0 Å². The lowest BCUT2D eigenvalue weighted by Crippen LogP contribution is -2.27. The number of fused-ring (bicyclic) bond motifs is 1. The number of hydrogen-bond donors (Lipinski definition) is 1. The summed E-state index contributed by atoms with van der Waals surface area (Å²) in [5.41, 5.74) is 2.95. The molecule has 1 amide bonds. The van der Waals surface area contributed by atoms with Crippen LogP contribution in [0.3, 0.4) is 0 Å². The number of amides is 1. The van der Waals surface area contributed by atoms with E-state index in [0.717, 1.165) is 28.0 Å². The summed E-state index contributed by atoms with van der Waals surface area (Å²) in [6.07, 6.45) is 6.05. The molecule has 0 fully saturated rings. The van der Waals surface area contributed by atoms with Crippen molar-refractivity contribution in [2.24, 2.45) is 0 Å². The Morgan fingerprint density at radius 1 is 1.00 bits per heavy atom. The van der Waals surface area contributed by atoms with Crippen LogP contribution >= 0.6 is 0 Å². The quantitative estimate of drug-likeness (QED) is 0.444. The van der Waals surface area contributed by atoms with Crippen LogP contribution in [0.5, 0.6) is 0 Å². The molecule has 6 heteroatoms. The van der Waals surface area contributed by atoms with Gasteiger partial charge in [-0.3, -0.25) is 9.48 Å². The van der Waals surface area contributed by atoms with Gasteiger partial charge in [0.15, 0.2) is 0 Å². The molecule has 0 saturated heterocycles. The molecule has 0 saturated carbocycles. The number of hydrogen-bond acceptors (Lipinski definition) is 3. The fourth-order valence-corrected chi connectivity index (χ4v) is 3.66. The predicted molar refractivity (Wildman–Crippen MR) is 124 cm³/mol. The highest BCUT2D eigenvalue weighted by molar-refractivity contribution is 5.99.